The second kappa shape index (κ2) is 10.8. The number of rotatable bonds is 9. The predicted molar refractivity (Wildman–Crippen MR) is 127 cm³/mol. The number of nitrogens with zero attached hydrogens (tertiary/aromatic N) is 1. The summed E-state index contributed by atoms with van der Waals surface area (Å²) in [5, 5.41) is 3.33. The highest BCUT2D eigenvalue weighted by molar-refractivity contribution is 7.89. The molecule has 0 heterocycles. The number of nitrogens with one attached hydrogen (secondary N) is 1. The average molecular weight is 493 g/mol. The fraction of sp³-hybridized carbons (Fsp3) is 0.174. The van der Waals surface area contributed by atoms with Gasteiger partial charge in [-0.2, -0.15) is 4.31 Å². The van der Waals surface area contributed by atoms with Gasteiger partial charge in [-0.05, 0) is 55.0 Å². The van der Waals surface area contributed by atoms with Crippen molar-refractivity contribution in [2.45, 2.75) is 18.4 Å². The molecule has 0 aliphatic rings. The summed E-state index contributed by atoms with van der Waals surface area (Å²) in [4.78, 5) is 12.8. The number of hydrogen-bond donors (Lipinski definition) is 1. The Balaban J connectivity index is 1.87. The van der Waals surface area contributed by atoms with Crippen LogP contribution in [0, 0.1) is 0 Å². The van der Waals surface area contributed by atoms with E-state index in [4.69, 9.17) is 27.9 Å². The normalized spacial score (nSPS) is 11.4. The summed E-state index contributed by atoms with van der Waals surface area (Å²) in [5.41, 5.74) is 1.05. The van der Waals surface area contributed by atoms with Crippen molar-refractivity contribution in [3.05, 3.63) is 88.4 Å². The zero-order valence-corrected chi connectivity index (χ0v) is 19.6. The van der Waals surface area contributed by atoms with Crippen LogP contribution in [0.2, 0.25) is 10.0 Å². The molecule has 0 saturated heterocycles. The quantitative estimate of drug-likeness (QED) is 0.444. The van der Waals surface area contributed by atoms with E-state index in [0.717, 1.165) is 9.87 Å². The van der Waals surface area contributed by atoms with Crippen LogP contribution in [0.1, 0.15) is 12.5 Å². The molecule has 3 aromatic rings. The molecular weight excluding hydrogens is 471 g/mol. The first-order valence-corrected chi connectivity index (χ1v) is 12.0. The first-order chi connectivity index (χ1) is 15.3. The molecule has 168 valence electrons. The summed E-state index contributed by atoms with van der Waals surface area (Å²) >= 11 is 12.1. The smallest absolute Gasteiger partial charge is 0.243 e. The Labute approximate surface area is 197 Å². The molecule has 0 aromatic heterocycles. The zero-order valence-electron chi connectivity index (χ0n) is 17.3. The van der Waals surface area contributed by atoms with Crippen LogP contribution in [0.15, 0.2) is 77.7 Å². The second-order valence-electron chi connectivity index (χ2n) is 6.84. The minimum atomic E-state index is -3.98. The van der Waals surface area contributed by atoms with Gasteiger partial charge in [0.05, 0.1) is 28.8 Å². The van der Waals surface area contributed by atoms with E-state index >= 15 is 0 Å². The van der Waals surface area contributed by atoms with Crippen LogP contribution in [0.4, 0.5) is 5.69 Å². The van der Waals surface area contributed by atoms with Crippen LogP contribution >= 0.6 is 23.2 Å². The lowest BCUT2D eigenvalue weighted by molar-refractivity contribution is -0.116. The van der Waals surface area contributed by atoms with Gasteiger partial charge in [-0.15, -0.1) is 0 Å². The number of benzene rings is 3. The van der Waals surface area contributed by atoms with Crippen molar-refractivity contribution in [1.29, 1.82) is 0 Å². The van der Waals surface area contributed by atoms with Crippen LogP contribution in [0.5, 0.6) is 5.75 Å². The number of carbonyl (C=O) groups excluding carboxylic acids is 1. The van der Waals surface area contributed by atoms with E-state index in [1.807, 2.05) is 25.1 Å². The Morgan fingerprint density at radius 3 is 2.34 bits per heavy atom. The lowest BCUT2D eigenvalue weighted by Gasteiger charge is -2.22. The highest BCUT2D eigenvalue weighted by atomic mass is 35.5. The molecule has 0 fully saturated rings. The van der Waals surface area contributed by atoms with Gasteiger partial charge in [0, 0.05) is 11.6 Å². The van der Waals surface area contributed by atoms with Crippen molar-refractivity contribution >= 4 is 44.8 Å². The number of amides is 1. The molecule has 32 heavy (non-hydrogen) atoms. The minimum Gasteiger partial charge on any atom is -0.494 e. The van der Waals surface area contributed by atoms with E-state index in [9.17, 15) is 13.2 Å². The number of halogens is 2. The molecule has 3 rings (SSSR count). The maximum atomic E-state index is 13.4. The molecule has 1 amide bonds. The maximum Gasteiger partial charge on any atom is 0.243 e. The predicted octanol–water partition coefficient (Wildman–Crippen LogP) is 5.22. The lowest BCUT2D eigenvalue weighted by atomic mass is 10.2. The molecule has 0 atom stereocenters. The van der Waals surface area contributed by atoms with Gasteiger partial charge in [0.2, 0.25) is 15.9 Å². The van der Waals surface area contributed by atoms with Crippen molar-refractivity contribution in [2.24, 2.45) is 0 Å². The van der Waals surface area contributed by atoms with Crippen molar-refractivity contribution in [3.63, 3.8) is 0 Å². The van der Waals surface area contributed by atoms with Gasteiger partial charge >= 0.3 is 0 Å². The third-order valence-corrected chi connectivity index (χ3v) is 6.87. The van der Waals surface area contributed by atoms with Crippen LogP contribution in [0.25, 0.3) is 0 Å². The maximum absolute atomic E-state index is 13.4. The molecule has 0 aliphatic carbocycles. The third-order valence-electron chi connectivity index (χ3n) is 4.50. The van der Waals surface area contributed by atoms with Crippen molar-refractivity contribution < 1.29 is 17.9 Å². The Bertz CT molecular complexity index is 1170. The Morgan fingerprint density at radius 1 is 1.00 bits per heavy atom. The fourth-order valence-corrected chi connectivity index (χ4v) is 4.70. The fourth-order valence-electron chi connectivity index (χ4n) is 2.98. The summed E-state index contributed by atoms with van der Waals surface area (Å²) in [6.45, 7) is 1.93. The summed E-state index contributed by atoms with van der Waals surface area (Å²) in [7, 11) is -3.98. The summed E-state index contributed by atoms with van der Waals surface area (Å²) in [6.07, 6.45) is 0. The summed E-state index contributed by atoms with van der Waals surface area (Å²) in [5.74, 6) is 0.0222. The standard InChI is InChI=1S/C23H22Cl2N2O4S/c1-2-31-19-9-11-20(12-10-19)32(29,30)27(15-17-6-4-3-5-7-17)16-23(28)26-22-14-18(24)8-13-21(22)25/h3-14H,2,15-16H2,1H3,(H,26,28). The lowest BCUT2D eigenvalue weighted by Crippen LogP contribution is -2.37. The molecule has 0 spiro atoms. The zero-order chi connectivity index (χ0) is 23.1. The highest BCUT2D eigenvalue weighted by Gasteiger charge is 2.27. The van der Waals surface area contributed by atoms with Gasteiger partial charge in [0.1, 0.15) is 5.75 Å². The molecule has 3 aromatic carbocycles. The van der Waals surface area contributed by atoms with E-state index < -0.39 is 22.5 Å². The molecule has 0 bridgehead atoms. The van der Waals surface area contributed by atoms with Crippen LogP contribution in [-0.4, -0.2) is 31.8 Å². The second-order valence-corrected chi connectivity index (χ2v) is 9.62. The average Bonchev–Trinajstić information content (AvgIpc) is 2.77. The van der Waals surface area contributed by atoms with Gasteiger partial charge in [0.25, 0.3) is 0 Å². The van der Waals surface area contributed by atoms with Gasteiger partial charge < -0.3 is 10.1 Å². The van der Waals surface area contributed by atoms with Crippen LogP contribution in [-0.2, 0) is 21.4 Å². The van der Waals surface area contributed by atoms with Gasteiger partial charge in [-0.25, -0.2) is 8.42 Å². The van der Waals surface area contributed by atoms with Gasteiger partial charge in [-0.3, -0.25) is 4.79 Å². The molecule has 6 nitrogen and oxygen atoms in total. The molecule has 0 radical (unpaired) electrons. The summed E-state index contributed by atoms with van der Waals surface area (Å²) in [6, 6.07) is 19.8. The largest absolute Gasteiger partial charge is 0.494 e. The van der Waals surface area contributed by atoms with E-state index in [1.165, 1.54) is 18.2 Å². The Morgan fingerprint density at radius 2 is 1.69 bits per heavy atom. The number of sulfonamides is 1. The minimum absolute atomic E-state index is 0.0209. The number of carbonyl (C=O) groups is 1. The Hall–Kier alpha value is -2.58. The van der Waals surface area contributed by atoms with E-state index in [-0.39, 0.29) is 11.4 Å². The van der Waals surface area contributed by atoms with Gasteiger partial charge in [-0.1, -0.05) is 53.5 Å². The molecule has 1 N–H and O–H groups in total. The third kappa shape index (κ3) is 6.23. The number of anilines is 1. The highest BCUT2D eigenvalue weighted by Crippen LogP contribution is 2.26. The Kier molecular flexibility index (Phi) is 8.15. The molecule has 0 saturated carbocycles. The van der Waals surface area contributed by atoms with Gasteiger partial charge in [0.15, 0.2) is 0 Å². The van der Waals surface area contributed by atoms with Crippen molar-refractivity contribution in [1.82, 2.24) is 4.31 Å². The topological polar surface area (TPSA) is 75.7 Å². The van der Waals surface area contributed by atoms with E-state index in [2.05, 4.69) is 5.32 Å². The number of ether oxygens (including phenoxy) is 1. The monoisotopic (exact) mass is 492 g/mol. The van der Waals surface area contributed by atoms with Crippen LogP contribution in [0.3, 0.4) is 0 Å². The van der Waals surface area contributed by atoms with Crippen molar-refractivity contribution in [3.8, 4) is 5.75 Å². The molecule has 0 aliphatic heterocycles. The first kappa shape index (κ1) is 24.1. The van der Waals surface area contributed by atoms with Crippen LogP contribution < -0.4 is 10.1 Å². The first-order valence-electron chi connectivity index (χ1n) is 9.81. The SMILES string of the molecule is CCOc1ccc(S(=O)(=O)N(CC(=O)Nc2cc(Cl)ccc2Cl)Cc2ccccc2)cc1. The summed E-state index contributed by atoms with van der Waals surface area (Å²) < 4.78 is 33.2. The molecule has 0 unspecified atom stereocenters. The molecular formula is C23H22Cl2N2O4S. The van der Waals surface area contributed by atoms with E-state index in [1.54, 1.807) is 36.4 Å². The van der Waals surface area contributed by atoms with E-state index in [0.29, 0.717) is 28.1 Å². The van der Waals surface area contributed by atoms with Crippen molar-refractivity contribution in [2.75, 3.05) is 18.5 Å². The molecule has 9 heteroatoms. The number of hydrogen-bond acceptors (Lipinski definition) is 4.